The van der Waals surface area contributed by atoms with Gasteiger partial charge in [-0.1, -0.05) is 24.3 Å². The Kier molecular flexibility index (Phi) is 7.23. The number of pyridine rings is 2. The second kappa shape index (κ2) is 11.6. The van der Waals surface area contributed by atoms with Crippen LogP contribution in [0.15, 0.2) is 96.8 Å². The standard InChI is InChI=1S/C31H25N7O3/c32-19-21(18-22-6-4-5-15-33-22)31(39)38-17-14-23(20-38)35-30-28-27(13-16-34-29(28)36-37-30)41-26-11-9-25(10-12-26)40-24-7-2-1-3-8-24/h1-13,15-16,18,23H,14,17,20H2,(H2,34,35,36,37)/b21-18+/t23-/m1/s1. The molecule has 0 spiro atoms. The molecule has 5 aromatic rings. The number of aromatic nitrogens is 4. The van der Waals surface area contributed by atoms with Crippen LogP contribution in [0.25, 0.3) is 17.1 Å². The zero-order chi connectivity index (χ0) is 28.0. The van der Waals surface area contributed by atoms with Gasteiger partial charge in [0.25, 0.3) is 5.91 Å². The Morgan fingerprint density at radius 1 is 0.951 bits per heavy atom. The molecule has 0 bridgehead atoms. The molecule has 0 saturated carbocycles. The largest absolute Gasteiger partial charge is 0.457 e. The zero-order valence-corrected chi connectivity index (χ0v) is 21.9. The molecule has 10 heteroatoms. The Labute approximate surface area is 235 Å². The van der Waals surface area contributed by atoms with Crippen molar-refractivity contribution in [3.05, 3.63) is 103 Å². The van der Waals surface area contributed by atoms with E-state index in [2.05, 4.69) is 25.5 Å². The van der Waals surface area contributed by atoms with Crippen molar-refractivity contribution in [2.24, 2.45) is 0 Å². The fourth-order valence-corrected chi connectivity index (χ4v) is 4.62. The van der Waals surface area contributed by atoms with Crippen molar-refractivity contribution >= 4 is 28.8 Å². The molecule has 1 fully saturated rings. The number of fused-ring (bicyclic) bond motifs is 1. The summed E-state index contributed by atoms with van der Waals surface area (Å²) in [7, 11) is 0. The number of H-pyrrole nitrogens is 1. The van der Waals surface area contributed by atoms with Crippen LogP contribution in [-0.4, -0.2) is 50.1 Å². The Morgan fingerprint density at radius 3 is 2.46 bits per heavy atom. The minimum absolute atomic E-state index is 0.0506. The quantitative estimate of drug-likeness (QED) is 0.192. The maximum absolute atomic E-state index is 13.0. The molecule has 1 aliphatic rings. The van der Waals surface area contributed by atoms with Crippen LogP contribution >= 0.6 is 0 Å². The first kappa shape index (κ1) is 25.6. The minimum atomic E-state index is -0.320. The molecule has 0 radical (unpaired) electrons. The number of ether oxygens (including phenoxy) is 2. The number of nitrogens with one attached hydrogen (secondary N) is 2. The Hall–Kier alpha value is -5.69. The molecule has 41 heavy (non-hydrogen) atoms. The molecule has 10 nitrogen and oxygen atoms in total. The van der Waals surface area contributed by atoms with Crippen LogP contribution in [0.5, 0.6) is 23.0 Å². The average Bonchev–Trinajstić information content (AvgIpc) is 3.66. The SMILES string of the molecule is N#C/C(=C\c1ccccn1)C(=O)N1CC[C@@H](Nc2n[nH]c3nccc(Oc4ccc(Oc5ccccc5)cc4)c23)C1. The lowest BCUT2D eigenvalue weighted by Crippen LogP contribution is -2.32. The van der Waals surface area contributed by atoms with Crippen LogP contribution in [0.4, 0.5) is 5.82 Å². The second-order valence-corrected chi connectivity index (χ2v) is 9.40. The van der Waals surface area contributed by atoms with E-state index < -0.39 is 0 Å². The third-order valence-electron chi connectivity index (χ3n) is 6.60. The number of hydrogen-bond acceptors (Lipinski definition) is 8. The van der Waals surface area contributed by atoms with Gasteiger partial charge in [-0.25, -0.2) is 4.98 Å². The van der Waals surface area contributed by atoms with Gasteiger partial charge < -0.3 is 19.7 Å². The first-order chi connectivity index (χ1) is 20.2. The monoisotopic (exact) mass is 543 g/mol. The van der Waals surface area contributed by atoms with E-state index >= 15 is 0 Å². The molecule has 4 heterocycles. The highest BCUT2D eigenvalue weighted by molar-refractivity contribution is 6.01. The summed E-state index contributed by atoms with van der Waals surface area (Å²) < 4.78 is 12.1. The highest BCUT2D eigenvalue weighted by atomic mass is 16.5. The van der Waals surface area contributed by atoms with Gasteiger partial charge in [0.1, 0.15) is 40.0 Å². The number of hydrogen-bond donors (Lipinski definition) is 2. The van der Waals surface area contributed by atoms with Crippen LogP contribution in [-0.2, 0) is 4.79 Å². The fourth-order valence-electron chi connectivity index (χ4n) is 4.62. The van der Waals surface area contributed by atoms with Crippen molar-refractivity contribution in [1.82, 2.24) is 25.1 Å². The Morgan fingerprint density at radius 2 is 1.71 bits per heavy atom. The Balaban J connectivity index is 1.14. The molecule has 6 rings (SSSR count). The van der Waals surface area contributed by atoms with Gasteiger partial charge in [0.15, 0.2) is 11.5 Å². The molecule has 2 N–H and O–H groups in total. The molecular weight excluding hydrogens is 518 g/mol. The molecule has 0 aliphatic carbocycles. The van der Waals surface area contributed by atoms with E-state index in [4.69, 9.17) is 9.47 Å². The van der Waals surface area contributed by atoms with Gasteiger partial charge in [-0.3, -0.25) is 14.9 Å². The van der Waals surface area contributed by atoms with Crippen LogP contribution in [0, 0.1) is 11.3 Å². The summed E-state index contributed by atoms with van der Waals surface area (Å²) in [5.74, 6) is 2.93. The number of anilines is 1. The maximum atomic E-state index is 13.0. The van der Waals surface area contributed by atoms with Gasteiger partial charge >= 0.3 is 0 Å². The Bertz CT molecular complexity index is 1730. The number of nitrogens with zero attached hydrogens (tertiary/aromatic N) is 5. The number of aromatic amines is 1. The molecule has 1 aliphatic heterocycles. The number of benzene rings is 2. The van der Waals surface area contributed by atoms with Crippen molar-refractivity contribution < 1.29 is 14.3 Å². The van der Waals surface area contributed by atoms with E-state index in [9.17, 15) is 10.1 Å². The van der Waals surface area contributed by atoms with Gasteiger partial charge in [-0.05, 0) is 61.0 Å². The molecule has 1 amide bonds. The van der Waals surface area contributed by atoms with Gasteiger partial charge in [0, 0.05) is 37.6 Å². The number of rotatable bonds is 8. The summed E-state index contributed by atoms with van der Waals surface area (Å²) in [6, 6.07) is 26.0. The topological polar surface area (TPSA) is 129 Å². The molecule has 3 aromatic heterocycles. The summed E-state index contributed by atoms with van der Waals surface area (Å²) >= 11 is 0. The molecular formula is C31H25N7O3. The summed E-state index contributed by atoms with van der Waals surface area (Å²) in [6.45, 7) is 0.937. The maximum Gasteiger partial charge on any atom is 0.264 e. The van der Waals surface area contributed by atoms with Crippen LogP contribution < -0.4 is 14.8 Å². The highest BCUT2D eigenvalue weighted by Gasteiger charge is 2.29. The normalized spacial score (nSPS) is 15.0. The lowest BCUT2D eigenvalue weighted by molar-refractivity contribution is -0.125. The number of amides is 1. The van der Waals surface area contributed by atoms with Crippen molar-refractivity contribution in [3.63, 3.8) is 0 Å². The minimum Gasteiger partial charge on any atom is -0.457 e. The lowest BCUT2D eigenvalue weighted by Gasteiger charge is -2.17. The predicted octanol–water partition coefficient (Wildman–Crippen LogP) is 5.56. The third kappa shape index (κ3) is 5.84. The summed E-state index contributed by atoms with van der Waals surface area (Å²) in [6.07, 6.45) is 5.49. The first-order valence-electron chi connectivity index (χ1n) is 13.1. The van der Waals surface area contributed by atoms with Gasteiger partial charge in [-0.15, -0.1) is 0 Å². The molecule has 202 valence electrons. The molecule has 1 saturated heterocycles. The van der Waals surface area contributed by atoms with E-state index in [1.54, 1.807) is 35.5 Å². The number of likely N-dealkylation sites (tertiary alicyclic amines) is 1. The summed E-state index contributed by atoms with van der Waals surface area (Å²) in [4.78, 5) is 23.3. The van der Waals surface area contributed by atoms with E-state index in [0.29, 0.717) is 59.3 Å². The third-order valence-corrected chi connectivity index (χ3v) is 6.60. The van der Waals surface area contributed by atoms with E-state index in [1.807, 2.05) is 66.7 Å². The van der Waals surface area contributed by atoms with E-state index in [-0.39, 0.29) is 17.5 Å². The first-order valence-corrected chi connectivity index (χ1v) is 13.1. The van der Waals surface area contributed by atoms with Gasteiger partial charge in [0.05, 0.1) is 5.69 Å². The highest BCUT2D eigenvalue weighted by Crippen LogP contribution is 2.34. The van der Waals surface area contributed by atoms with Crippen molar-refractivity contribution in [1.29, 1.82) is 5.26 Å². The predicted molar refractivity (Wildman–Crippen MR) is 153 cm³/mol. The second-order valence-electron chi connectivity index (χ2n) is 9.40. The number of carbonyl (C=O) groups is 1. The van der Waals surface area contributed by atoms with E-state index in [1.165, 1.54) is 6.08 Å². The average molecular weight is 544 g/mol. The molecule has 1 atom stereocenters. The molecule has 0 unspecified atom stereocenters. The van der Waals surface area contributed by atoms with Crippen molar-refractivity contribution in [2.45, 2.75) is 12.5 Å². The number of para-hydroxylation sites is 1. The van der Waals surface area contributed by atoms with Gasteiger partial charge in [0.2, 0.25) is 0 Å². The summed E-state index contributed by atoms with van der Waals surface area (Å²) in [5, 5.41) is 21.1. The lowest BCUT2D eigenvalue weighted by atomic mass is 10.2. The number of nitriles is 1. The van der Waals surface area contributed by atoms with Crippen molar-refractivity contribution in [2.75, 3.05) is 18.4 Å². The van der Waals surface area contributed by atoms with Gasteiger partial charge in [-0.2, -0.15) is 10.4 Å². The van der Waals surface area contributed by atoms with Crippen molar-refractivity contribution in [3.8, 4) is 29.1 Å². The van der Waals surface area contributed by atoms with Crippen LogP contribution in [0.1, 0.15) is 12.1 Å². The number of carbonyl (C=O) groups excluding carboxylic acids is 1. The van der Waals surface area contributed by atoms with Crippen LogP contribution in [0.3, 0.4) is 0 Å². The summed E-state index contributed by atoms with van der Waals surface area (Å²) in [5.41, 5.74) is 1.19. The van der Waals surface area contributed by atoms with E-state index in [0.717, 1.165) is 5.75 Å². The molecule has 2 aromatic carbocycles. The van der Waals surface area contributed by atoms with Crippen LogP contribution in [0.2, 0.25) is 0 Å². The zero-order valence-electron chi connectivity index (χ0n) is 21.9. The fraction of sp³-hybridized carbons (Fsp3) is 0.129. The smallest absolute Gasteiger partial charge is 0.264 e.